The van der Waals surface area contributed by atoms with E-state index in [4.69, 9.17) is 4.74 Å². The summed E-state index contributed by atoms with van der Waals surface area (Å²) in [6.07, 6.45) is 0.956. The maximum atomic E-state index is 11.5. The third-order valence-corrected chi connectivity index (χ3v) is 3.55. The molecule has 1 aliphatic heterocycles. The topological polar surface area (TPSA) is 69.8 Å². The van der Waals surface area contributed by atoms with Gasteiger partial charge in [0.2, 0.25) is 0 Å². The Bertz CT molecular complexity index is 245. The average molecular weight is 245 g/mol. The molecule has 0 saturated carbocycles. The van der Waals surface area contributed by atoms with E-state index in [0.717, 1.165) is 13.1 Å². The van der Waals surface area contributed by atoms with Crippen LogP contribution in [0.15, 0.2) is 0 Å². The average Bonchev–Trinajstić information content (AvgIpc) is 3.05. The van der Waals surface area contributed by atoms with Gasteiger partial charge in [-0.15, -0.1) is 0 Å². The number of rotatable bonds is 8. The highest BCUT2D eigenvalue weighted by Crippen LogP contribution is 2.21. The van der Waals surface area contributed by atoms with E-state index in [0.29, 0.717) is 18.9 Å². The second kappa shape index (κ2) is 6.33. The SMILES string of the molecule is CCC(CO)(CO)COC(=O)CCN1CC1C. The second-order valence-corrected chi connectivity index (χ2v) is 4.92. The summed E-state index contributed by atoms with van der Waals surface area (Å²) in [4.78, 5) is 13.7. The molecule has 2 atom stereocenters. The highest BCUT2D eigenvalue weighted by atomic mass is 16.5. The molecule has 1 rings (SSSR count). The van der Waals surface area contributed by atoms with Crippen LogP contribution >= 0.6 is 0 Å². The van der Waals surface area contributed by atoms with E-state index in [-0.39, 0.29) is 25.8 Å². The van der Waals surface area contributed by atoms with Crippen molar-refractivity contribution in [1.82, 2.24) is 4.90 Å². The molecule has 0 amide bonds. The Kier molecular flexibility index (Phi) is 5.36. The fraction of sp³-hybridized carbons (Fsp3) is 0.917. The van der Waals surface area contributed by atoms with Crippen molar-refractivity contribution in [1.29, 1.82) is 0 Å². The van der Waals surface area contributed by atoms with Crippen LogP contribution < -0.4 is 0 Å². The molecular weight excluding hydrogens is 222 g/mol. The predicted molar refractivity (Wildman–Crippen MR) is 63.5 cm³/mol. The third kappa shape index (κ3) is 4.26. The summed E-state index contributed by atoms with van der Waals surface area (Å²) in [5, 5.41) is 18.4. The van der Waals surface area contributed by atoms with Gasteiger partial charge < -0.3 is 14.9 Å². The van der Waals surface area contributed by atoms with Gasteiger partial charge in [0.05, 0.1) is 25.0 Å². The molecule has 1 aliphatic rings. The summed E-state index contributed by atoms with van der Waals surface area (Å²) in [5.41, 5.74) is -0.692. The predicted octanol–water partition coefficient (Wildman–Crippen LogP) is 0.00480. The Morgan fingerprint density at radius 2 is 2.06 bits per heavy atom. The summed E-state index contributed by atoms with van der Waals surface area (Å²) >= 11 is 0. The minimum absolute atomic E-state index is 0.0882. The lowest BCUT2D eigenvalue weighted by molar-refractivity contribution is -0.149. The van der Waals surface area contributed by atoms with Crippen LogP contribution in [0.2, 0.25) is 0 Å². The summed E-state index contributed by atoms with van der Waals surface area (Å²) in [6.45, 7) is 5.51. The standard InChI is InChI=1S/C12H23NO4/c1-3-12(7-14,8-15)9-17-11(16)4-5-13-6-10(13)2/h10,14-15H,3-9H2,1-2H3. The van der Waals surface area contributed by atoms with Gasteiger partial charge in [0.15, 0.2) is 0 Å². The van der Waals surface area contributed by atoms with Gasteiger partial charge in [0.1, 0.15) is 6.61 Å². The van der Waals surface area contributed by atoms with Crippen LogP contribution in [-0.2, 0) is 9.53 Å². The van der Waals surface area contributed by atoms with Crippen molar-refractivity contribution in [3.8, 4) is 0 Å². The van der Waals surface area contributed by atoms with Crippen LogP contribution in [0.3, 0.4) is 0 Å². The molecule has 1 saturated heterocycles. The van der Waals surface area contributed by atoms with Crippen molar-refractivity contribution in [2.24, 2.45) is 5.41 Å². The van der Waals surface area contributed by atoms with Gasteiger partial charge in [0.25, 0.3) is 0 Å². The van der Waals surface area contributed by atoms with Gasteiger partial charge in [-0.1, -0.05) is 6.92 Å². The smallest absolute Gasteiger partial charge is 0.307 e. The highest BCUT2D eigenvalue weighted by molar-refractivity contribution is 5.69. The second-order valence-electron chi connectivity index (χ2n) is 4.92. The molecule has 0 radical (unpaired) electrons. The lowest BCUT2D eigenvalue weighted by atomic mass is 9.88. The van der Waals surface area contributed by atoms with E-state index in [9.17, 15) is 15.0 Å². The molecule has 0 aromatic carbocycles. The Hall–Kier alpha value is -0.650. The Morgan fingerprint density at radius 3 is 2.47 bits per heavy atom. The van der Waals surface area contributed by atoms with Gasteiger partial charge in [-0.2, -0.15) is 0 Å². The summed E-state index contributed by atoms with van der Waals surface area (Å²) < 4.78 is 5.11. The van der Waals surface area contributed by atoms with E-state index in [1.165, 1.54) is 0 Å². The van der Waals surface area contributed by atoms with Crippen LogP contribution in [0.1, 0.15) is 26.7 Å². The summed E-state index contributed by atoms with van der Waals surface area (Å²) in [6, 6.07) is 0.590. The first-order valence-corrected chi connectivity index (χ1v) is 6.18. The number of carbonyl (C=O) groups is 1. The molecule has 0 aromatic rings. The summed E-state index contributed by atoms with van der Waals surface area (Å²) in [7, 11) is 0. The van der Waals surface area contributed by atoms with E-state index in [2.05, 4.69) is 11.8 Å². The lowest BCUT2D eigenvalue weighted by Gasteiger charge is -2.27. The first kappa shape index (κ1) is 14.4. The van der Waals surface area contributed by atoms with Crippen LogP contribution in [-0.4, -0.2) is 60.0 Å². The fourth-order valence-corrected chi connectivity index (χ4v) is 1.61. The van der Waals surface area contributed by atoms with Crippen molar-refractivity contribution < 1.29 is 19.7 Å². The largest absolute Gasteiger partial charge is 0.465 e. The van der Waals surface area contributed by atoms with Crippen molar-refractivity contribution >= 4 is 5.97 Å². The molecule has 1 fully saturated rings. The van der Waals surface area contributed by atoms with Crippen molar-refractivity contribution in [2.75, 3.05) is 32.9 Å². The number of ether oxygens (including phenoxy) is 1. The normalized spacial score (nSPS) is 23.5. The molecule has 2 N–H and O–H groups in total. The van der Waals surface area contributed by atoms with Gasteiger partial charge in [-0.25, -0.2) is 0 Å². The molecule has 0 bridgehead atoms. The fourth-order valence-electron chi connectivity index (χ4n) is 1.61. The molecule has 5 heteroatoms. The number of esters is 1. The number of aliphatic hydroxyl groups excluding tert-OH is 2. The molecule has 17 heavy (non-hydrogen) atoms. The van der Waals surface area contributed by atoms with Crippen LogP contribution in [0, 0.1) is 5.41 Å². The number of nitrogens with zero attached hydrogens (tertiary/aromatic N) is 1. The third-order valence-electron chi connectivity index (χ3n) is 3.55. The molecule has 1 heterocycles. The van der Waals surface area contributed by atoms with Gasteiger partial charge in [0, 0.05) is 19.1 Å². The highest BCUT2D eigenvalue weighted by Gasteiger charge is 2.30. The van der Waals surface area contributed by atoms with Gasteiger partial charge in [-0.3, -0.25) is 9.69 Å². The zero-order chi connectivity index (χ0) is 12.9. The Balaban J connectivity index is 2.21. The number of aliphatic hydroxyl groups is 2. The van der Waals surface area contributed by atoms with Crippen molar-refractivity contribution in [2.45, 2.75) is 32.7 Å². The number of hydrogen-bond donors (Lipinski definition) is 2. The quantitative estimate of drug-likeness (QED) is 0.465. The molecule has 2 unspecified atom stereocenters. The zero-order valence-electron chi connectivity index (χ0n) is 10.7. The lowest BCUT2D eigenvalue weighted by Crippen LogP contribution is -2.35. The maximum absolute atomic E-state index is 11.5. The number of carbonyl (C=O) groups excluding carboxylic acids is 1. The summed E-state index contributed by atoms with van der Waals surface area (Å²) in [5.74, 6) is -0.260. The van der Waals surface area contributed by atoms with Crippen LogP contribution in [0.25, 0.3) is 0 Å². The monoisotopic (exact) mass is 245 g/mol. The minimum Gasteiger partial charge on any atom is -0.465 e. The number of hydrogen-bond acceptors (Lipinski definition) is 5. The molecule has 0 spiro atoms. The van der Waals surface area contributed by atoms with Crippen LogP contribution in [0.5, 0.6) is 0 Å². The maximum Gasteiger partial charge on any atom is 0.307 e. The molecule has 5 nitrogen and oxygen atoms in total. The van der Waals surface area contributed by atoms with Crippen LogP contribution in [0.4, 0.5) is 0 Å². The first-order chi connectivity index (χ1) is 8.06. The van der Waals surface area contributed by atoms with E-state index in [1.807, 2.05) is 6.92 Å². The molecular formula is C12H23NO4. The van der Waals surface area contributed by atoms with E-state index < -0.39 is 5.41 Å². The Labute approximate surface area is 102 Å². The molecule has 0 aromatic heterocycles. The van der Waals surface area contributed by atoms with Gasteiger partial charge in [-0.05, 0) is 13.3 Å². The van der Waals surface area contributed by atoms with E-state index >= 15 is 0 Å². The van der Waals surface area contributed by atoms with E-state index in [1.54, 1.807) is 0 Å². The van der Waals surface area contributed by atoms with Gasteiger partial charge >= 0.3 is 5.97 Å². The van der Waals surface area contributed by atoms with Crippen molar-refractivity contribution in [3.05, 3.63) is 0 Å². The minimum atomic E-state index is -0.692. The first-order valence-electron chi connectivity index (χ1n) is 6.18. The molecule has 100 valence electrons. The zero-order valence-corrected chi connectivity index (χ0v) is 10.7. The molecule has 0 aliphatic carbocycles. The Morgan fingerprint density at radius 1 is 1.47 bits per heavy atom. The van der Waals surface area contributed by atoms with Crippen molar-refractivity contribution in [3.63, 3.8) is 0 Å².